The fraction of sp³-hybridized carbons (Fsp3) is 0.750. The Labute approximate surface area is 146 Å². The summed E-state index contributed by atoms with van der Waals surface area (Å²) in [5.41, 5.74) is 1.81. The number of aromatic nitrogens is 1. The molecule has 132 valence electrons. The van der Waals surface area contributed by atoms with E-state index in [1.165, 1.54) is 57.2 Å². The van der Waals surface area contributed by atoms with Gasteiger partial charge in [-0.15, -0.1) is 0 Å². The van der Waals surface area contributed by atoms with Crippen molar-refractivity contribution >= 4 is 0 Å². The number of hydrogen-bond donors (Lipinski definition) is 0. The molecular weight excluding hydrogens is 298 g/mol. The van der Waals surface area contributed by atoms with E-state index < -0.39 is 0 Å². The van der Waals surface area contributed by atoms with E-state index in [1.54, 1.807) is 0 Å². The van der Waals surface area contributed by atoms with Gasteiger partial charge in [0.1, 0.15) is 0 Å². The van der Waals surface area contributed by atoms with Crippen LogP contribution in [0.3, 0.4) is 0 Å². The molecule has 1 saturated carbocycles. The molecule has 1 aromatic heterocycles. The average molecular weight is 329 g/mol. The first-order valence-corrected chi connectivity index (χ1v) is 9.67. The molecular formula is C20H31N3O. The van der Waals surface area contributed by atoms with Crippen molar-refractivity contribution < 1.29 is 4.74 Å². The molecule has 2 aliphatic heterocycles. The topological polar surface area (TPSA) is 28.6 Å². The maximum atomic E-state index is 5.99. The summed E-state index contributed by atoms with van der Waals surface area (Å²) < 4.78 is 5.99. The van der Waals surface area contributed by atoms with E-state index in [0.29, 0.717) is 11.6 Å². The van der Waals surface area contributed by atoms with Gasteiger partial charge in [-0.2, -0.15) is 0 Å². The molecule has 2 saturated heterocycles. The van der Waals surface area contributed by atoms with Crippen LogP contribution in [0.5, 0.6) is 0 Å². The highest BCUT2D eigenvalue weighted by molar-refractivity contribution is 5.10. The van der Waals surface area contributed by atoms with Gasteiger partial charge in [-0.05, 0) is 69.2 Å². The summed E-state index contributed by atoms with van der Waals surface area (Å²) in [6.45, 7) is 5.42. The lowest BCUT2D eigenvalue weighted by Crippen LogP contribution is -2.52. The number of likely N-dealkylation sites (N-methyl/N-ethyl adjacent to an activating group) is 1. The summed E-state index contributed by atoms with van der Waals surface area (Å²) in [5, 5.41) is 0. The van der Waals surface area contributed by atoms with Crippen molar-refractivity contribution in [2.45, 2.75) is 56.7 Å². The molecule has 3 heterocycles. The molecule has 1 aromatic rings. The minimum absolute atomic E-state index is 0.433. The minimum Gasteiger partial charge on any atom is -0.380 e. The van der Waals surface area contributed by atoms with Crippen LogP contribution >= 0.6 is 0 Å². The summed E-state index contributed by atoms with van der Waals surface area (Å²) in [5.74, 6) is 0.877. The van der Waals surface area contributed by atoms with E-state index in [4.69, 9.17) is 4.74 Å². The summed E-state index contributed by atoms with van der Waals surface area (Å²) in [7, 11) is 2.34. The lowest BCUT2D eigenvalue weighted by atomic mass is 9.85. The molecule has 1 aliphatic carbocycles. The zero-order valence-electron chi connectivity index (χ0n) is 15.0. The van der Waals surface area contributed by atoms with Crippen molar-refractivity contribution in [2.24, 2.45) is 5.92 Å². The highest BCUT2D eigenvalue weighted by Gasteiger charge is 2.45. The summed E-state index contributed by atoms with van der Waals surface area (Å²) >= 11 is 0. The Balaban J connectivity index is 1.26. The molecule has 0 amide bonds. The first-order chi connectivity index (χ1) is 11.8. The third-order valence-corrected chi connectivity index (χ3v) is 6.54. The number of hydrogen-bond acceptors (Lipinski definition) is 4. The Bertz CT molecular complexity index is 523. The lowest BCUT2D eigenvalue weighted by Gasteiger charge is -2.45. The van der Waals surface area contributed by atoms with Gasteiger partial charge in [0.05, 0.1) is 6.61 Å². The van der Waals surface area contributed by atoms with E-state index in [9.17, 15) is 0 Å². The fourth-order valence-electron chi connectivity index (χ4n) is 4.52. The van der Waals surface area contributed by atoms with E-state index in [1.807, 2.05) is 12.4 Å². The van der Waals surface area contributed by atoms with Gasteiger partial charge in [0.15, 0.2) is 0 Å². The number of ether oxygens (including phenoxy) is 1. The molecule has 0 N–H and O–H groups in total. The smallest absolute Gasteiger partial charge is 0.0622 e. The molecule has 1 spiro atoms. The Hall–Kier alpha value is -0.970. The van der Waals surface area contributed by atoms with Crippen molar-refractivity contribution in [3.05, 3.63) is 30.1 Å². The molecule has 0 radical (unpaired) electrons. The second-order valence-corrected chi connectivity index (χ2v) is 8.14. The third kappa shape index (κ3) is 3.66. The van der Waals surface area contributed by atoms with Crippen LogP contribution in [-0.2, 0) is 11.3 Å². The van der Waals surface area contributed by atoms with Gasteiger partial charge in [-0.3, -0.25) is 14.8 Å². The quantitative estimate of drug-likeness (QED) is 0.802. The van der Waals surface area contributed by atoms with Gasteiger partial charge >= 0.3 is 0 Å². The first-order valence-electron chi connectivity index (χ1n) is 9.67. The largest absolute Gasteiger partial charge is 0.380 e. The van der Waals surface area contributed by atoms with Gasteiger partial charge in [-0.25, -0.2) is 0 Å². The number of piperidine rings is 1. The van der Waals surface area contributed by atoms with Crippen LogP contribution in [0, 0.1) is 5.92 Å². The van der Waals surface area contributed by atoms with Crippen LogP contribution in [0.1, 0.15) is 44.1 Å². The van der Waals surface area contributed by atoms with Crippen molar-refractivity contribution in [1.82, 2.24) is 14.8 Å². The third-order valence-electron chi connectivity index (χ3n) is 6.54. The lowest BCUT2D eigenvalue weighted by molar-refractivity contribution is 0.0162. The fourth-order valence-corrected chi connectivity index (χ4v) is 4.52. The Morgan fingerprint density at radius 2 is 1.83 bits per heavy atom. The molecule has 1 atom stereocenters. The van der Waals surface area contributed by atoms with Gasteiger partial charge in [-0.1, -0.05) is 0 Å². The number of nitrogens with zero attached hydrogens (tertiary/aromatic N) is 3. The number of pyridine rings is 1. The SMILES string of the molecule is CN1C(COCC2CC2)CCC12CCN(Cc1ccncc1)CC2. The Morgan fingerprint density at radius 1 is 1.08 bits per heavy atom. The number of likely N-dealkylation sites (tertiary alicyclic amines) is 2. The maximum absolute atomic E-state index is 5.99. The van der Waals surface area contributed by atoms with Crippen molar-refractivity contribution in [3.63, 3.8) is 0 Å². The molecule has 0 bridgehead atoms. The van der Waals surface area contributed by atoms with E-state index >= 15 is 0 Å². The standard InChI is InChI=1S/C20H31N3O/c1-22-19(16-24-15-18-2-3-18)4-7-20(22)8-12-23(13-9-20)14-17-5-10-21-11-6-17/h5-6,10-11,18-19H,2-4,7-9,12-16H2,1H3. The predicted molar refractivity (Wildman–Crippen MR) is 95.8 cm³/mol. The zero-order chi connectivity index (χ0) is 16.4. The van der Waals surface area contributed by atoms with Crippen LogP contribution in [0.25, 0.3) is 0 Å². The minimum atomic E-state index is 0.433. The van der Waals surface area contributed by atoms with Crippen molar-refractivity contribution in [1.29, 1.82) is 0 Å². The second-order valence-electron chi connectivity index (χ2n) is 8.14. The molecule has 4 rings (SSSR count). The molecule has 24 heavy (non-hydrogen) atoms. The van der Waals surface area contributed by atoms with E-state index in [-0.39, 0.29) is 0 Å². The Kier molecular flexibility index (Phi) is 4.88. The molecule has 4 heteroatoms. The summed E-state index contributed by atoms with van der Waals surface area (Å²) in [6.07, 6.45) is 11.8. The van der Waals surface area contributed by atoms with Gasteiger partial charge in [0, 0.05) is 50.2 Å². The van der Waals surface area contributed by atoms with E-state index in [0.717, 1.165) is 25.7 Å². The van der Waals surface area contributed by atoms with Crippen LogP contribution in [0.4, 0.5) is 0 Å². The van der Waals surface area contributed by atoms with Gasteiger partial charge < -0.3 is 4.74 Å². The van der Waals surface area contributed by atoms with Crippen LogP contribution in [0.15, 0.2) is 24.5 Å². The number of rotatable bonds is 6. The highest BCUT2D eigenvalue weighted by atomic mass is 16.5. The normalized spacial score (nSPS) is 27.8. The van der Waals surface area contributed by atoms with Crippen LogP contribution < -0.4 is 0 Å². The molecule has 3 fully saturated rings. The predicted octanol–water partition coefficient (Wildman–Crippen LogP) is 2.94. The van der Waals surface area contributed by atoms with Gasteiger partial charge in [0.2, 0.25) is 0 Å². The maximum Gasteiger partial charge on any atom is 0.0622 e. The summed E-state index contributed by atoms with van der Waals surface area (Å²) in [6, 6.07) is 4.91. The Morgan fingerprint density at radius 3 is 2.54 bits per heavy atom. The molecule has 4 nitrogen and oxygen atoms in total. The molecule has 3 aliphatic rings. The highest BCUT2D eigenvalue weighted by Crippen LogP contribution is 2.41. The van der Waals surface area contributed by atoms with Crippen LogP contribution in [0.2, 0.25) is 0 Å². The average Bonchev–Trinajstić information content (AvgIpc) is 3.39. The first kappa shape index (κ1) is 16.5. The molecule has 1 unspecified atom stereocenters. The van der Waals surface area contributed by atoms with Crippen molar-refractivity contribution in [2.75, 3.05) is 33.4 Å². The van der Waals surface area contributed by atoms with Gasteiger partial charge in [0.25, 0.3) is 0 Å². The summed E-state index contributed by atoms with van der Waals surface area (Å²) in [4.78, 5) is 9.39. The molecule has 0 aromatic carbocycles. The monoisotopic (exact) mass is 329 g/mol. The zero-order valence-corrected chi connectivity index (χ0v) is 15.0. The van der Waals surface area contributed by atoms with Crippen LogP contribution in [-0.4, -0.2) is 59.7 Å². The second kappa shape index (κ2) is 7.11. The van der Waals surface area contributed by atoms with Crippen molar-refractivity contribution in [3.8, 4) is 0 Å². The van der Waals surface area contributed by atoms with E-state index in [2.05, 4.69) is 34.0 Å².